The first-order valence-electron chi connectivity index (χ1n) is 9.07. The molecule has 0 heterocycles. The van der Waals surface area contributed by atoms with Crippen molar-refractivity contribution in [3.63, 3.8) is 0 Å². The summed E-state index contributed by atoms with van der Waals surface area (Å²) in [5, 5.41) is 12.9. The van der Waals surface area contributed by atoms with Crippen molar-refractivity contribution in [2.45, 2.75) is 51.7 Å². The zero-order valence-corrected chi connectivity index (χ0v) is 17.6. The number of phosphoric ester groups is 1. The number of phosphoric acid groups is 1. The van der Waals surface area contributed by atoms with Crippen molar-refractivity contribution in [2.75, 3.05) is 40.9 Å². The van der Waals surface area contributed by atoms with E-state index in [4.69, 9.17) is 9.05 Å². The van der Waals surface area contributed by atoms with Gasteiger partial charge in [-0.2, -0.15) is 0 Å². The van der Waals surface area contributed by atoms with E-state index >= 15 is 0 Å². The highest BCUT2D eigenvalue weighted by atomic mass is 31.2. The smallest absolute Gasteiger partial charge is 0.387 e. The summed E-state index contributed by atoms with van der Waals surface area (Å²) in [6.45, 7) is 4.14. The van der Waals surface area contributed by atoms with Crippen molar-refractivity contribution in [3.8, 4) is 0 Å². The molecule has 154 valence electrons. The number of nitrogens with one attached hydrogen (secondary N) is 1. The monoisotopic (exact) mass is 395 g/mol. The first kappa shape index (κ1) is 25.2. The molecule has 0 spiro atoms. The Bertz CT molecular complexity index is 478. The van der Waals surface area contributed by atoms with Crippen LogP contribution in [0, 0.1) is 0 Å². The molecule has 3 unspecified atom stereocenters. The Morgan fingerprint density at radius 3 is 2.42 bits per heavy atom. The van der Waals surface area contributed by atoms with Crippen molar-refractivity contribution in [1.82, 2.24) is 5.32 Å². The maximum Gasteiger partial charge on any atom is 0.472 e. The van der Waals surface area contributed by atoms with Crippen LogP contribution in [-0.2, 0) is 18.4 Å². The molecule has 9 heteroatoms. The van der Waals surface area contributed by atoms with Gasteiger partial charge in [0.15, 0.2) is 0 Å². The predicted molar refractivity (Wildman–Crippen MR) is 102 cm³/mol. The zero-order chi connectivity index (χ0) is 20.2. The second-order valence-corrected chi connectivity index (χ2v) is 8.70. The van der Waals surface area contributed by atoms with Crippen LogP contribution in [0.2, 0.25) is 0 Å². The number of nitrogens with zero attached hydrogens (tertiary/aromatic N) is 1. The van der Waals surface area contributed by atoms with Crippen LogP contribution in [0.25, 0.3) is 0 Å². The summed E-state index contributed by atoms with van der Waals surface area (Å²) in [4.78, 5) is 21.6. The molecule has 0 aliphatic carbocycles. The van der Waals surface area contributed by atoms with Crippen LogP contribution >= 0.6 is 7.82 Å². The quantitative estimate of drug-likeness (QED) is 0.235. The lowest BCUT2D eigenvalue weighted by Gasteiger charge is -2.25. The Balaban J connectivity index is 4.72. The van der Waals surface area contributed by atoms with Gasteiger partial charge in [0.05, 0.1) is 39.9 Å². The molecule has 26 heavy (non-hydrogen) atoms. The van der Waals surface area contributed by atoms with Gasteiger partial charge in [-0.3, -0.25) is 13.8 Å². The molecule has 0 rings (SSSR count). The van der Waals surface area contributed by atoms with Gasteiger partial charge in [0, 0.05) is 6.42 Å². The minimum absolute atomic E-state index is 0.0586. The van der Waals surface area contributed by atoms with Crippen LogP contribution in [0.3, 0.4) is 0 Å². The average molecular weight is 395 g/mol. The number of likely N-dealkylation sites (N-methyl/N-ethyl adjacent to an activating group) is 1. The molecular weight excluding hydrogens is 359 g/mol. The van der Waals surface area contributed by atoms with Crippen molar-refractivity contribution in [1.29, 1.82) is 0 Å². The fourth-order valence-corrected chi connectivity index (χ4v) is 2.65. The van der Waals surface area contributed by atoms with Crippen molar-refractivity contribution in [3.05, 3.63) is 12.2 Å². The Morgan fingerprint density at radius 1 is 1.23 bits per heavy atom. The lowest BCUT2D eigenvalue weighted by Crippen LogP contribution is -2.45. The molecule has 0 saturated heterocycles. The first-order chi connectivity index (χ1) is 12.0. The van der Waals surface area contributed by atoms with E-state index in [0.717, 1.165) is 12.8 Å². The van der Waals surface area contributed by atoms with Gasteiger partial charge in [0.2, 0.25) is 5.91 Å². The van der Waals surface area contributed by atoms with E-state index < -0.39 is 20.0 Å². The fourth-order valence-electron chi connectivity index (χ4n) is 1.91. The highest BCUT2D eigenvalue weighted by molar-refractivity contribution is 7.47. The van der Waals surface area contributed by atoms with Gasteiger partial charge in [-0.1, -0.05) is 32.4 Å². The molecule has 0 aromatic heterocycles. The summed E-state index contributed by atoms with van der Waals surface area (Å²) >= 11 is 0. The molecule has 0 bridgehead atoms. The summed E-state index contributed by atoms with van der Waals surface area (Å²) < 4.78 is 22.5. The third kappa shape index (κ3) is 13.4. The van der Waals surface area contributed by atoms with Gasteiger partial charge in [0.1, 0.15) is 13.2 Å². The van der Waals surface area contributed by atoms with Gasteiger partial charge < -0.3 is 19.8 Å². The molecule has 0 aromatic carbocycles. The molecule has 0 aliphatic heterocycles. The number of unbranched alkanes of at least 4 members (excludes halogenated alkanes) is 1. The number of amides is 1. The van der Waals surface area contributed by atoms with Gasteiger partial charge in [-0.25, -0.2) is 4.57 Å². The van der Waals surface area contributed by atoms with Crippen molar-refractivity contribution in [2.24, 2.45) is 0 Å². The minimum atomic E-state index is -4.26. The number of rotatable bonds is 14. The van der Waals surface area contributed by atoms with Gasteiger partial charge in [-0.05, 0) is 12.8 Å². The van der Waals surface area contributed by atoms with Crippen LogP contribution in [-0.4, -0.2) is 73.4 Å². The summed E-state index contributed by atoms with van der Waals surface area (Å²) in [6, 6.07) is -0.829. The number of hydrogen-bond acceptors (Lipinski definition) is 5. The third-order valence-electron chi connectivity index (χ3n) is 3.46. The van der Waals surface area contributed by atoms with E-state index in [1.165, 1.54) is 0 Å². The highest BCUT2D eigenvalue weighted by Gasteiger charge is 2.27. The van der Waals surface area contributed by atoms with Crippen LogP contribution in [0.1, 0.15) is 39.5 Å². The van der Waals surface area contributed by atoms with E-state index in [0.29, 0.717) is 23.9 Å². The maximum absolute atomic E-state index is 12.0. The van der Waals surface area contributed by atoms with Crippen molar-refractivity contribution < 1.29 is 32.9 Å². The van der Waals surface area contributed by atoms with Crippen LogP contribution in [0.15, 0.2) is 12.2 Å². The Kier molecular flexibility index (Phi) is 12.2. The van der Waals surface area contributed by atoms with Crippen molar-refractivity contribution >= 4 is 13.7 Å². The lowest BCUT2D eigenvalue weighted by molar-refractivity contribution is -0.870. The highest BCUT2D eigenvalue weighted by Crippen LogP contribution is 2.43. The van der Waals surface area contributed by atoms with E-state index in [-0.39, 0.29) is 19.1 Å². The largest absolute Gasteiger partial charge is 0.472 e. The topological polar surface area (TPSA) is 105 Å². The van der Waals surface area contributed by atoms with Gasteiger partial charge >= 0.3 is 7.82 Å². The number of aliphatic hydroxyl groups excluding tert-OH is 1. The lowest BCUT2D eigenvalue weighted by atomic mass is 10.1. The van der Waals surface area contributed by atoms with Gasteiger partial charge in [0.25, 0.3) is 0 Å². The minimum Gasteiger partial charge on any atom is -0.387 e. The predicted octanol–water partition coefficient (Wildman–Crippen LogP) is 1.83. The van der Waals surface area contributed by atoms with Gasteiger partial charge in [-0.15, -0.1) is 0 Å². The third-order valence-corrected chi connectivity index (χ3v) is 4.44. The van der Waals surface area contributed by atoms with Crippen LogP contribution in [0.4, 0.5) is 0 Å². The Hall–Kier alpha value is -0.760. The summed E-state index contributed by atoms with van der Waals surface area (Å²) in [7, 11) is 1.55. The average Bonchev–Trinajstić information content (AvgIpc) is 2.50. The molecule has 0 aromatic rings. The fraction of sp³-hybridized carbons (Fsp3) is 0.824. The maximum atomic E-state index is 12.0. The molecule has 0 fully saturated rings. The first-order valence-corrected chi connectivity index (χ1v) is 10.6. The summed E-state index contributed by atoms with van der Waals surface area (Å²) in [5.41, 5.74) is 0. The van der Waals surface area contributed by atoms with Crippen LogP contribution < -0.4 is 5.32 Å². The second kappa shape index (κ2) is 12.6. The molecule has 3 atom stereocenters. The van der Waals surface area contributed by atoms with E-state index in [1.807, 2.05) is 35.0 Å². The Morgan fingerprint density at radius 2 is 1.88 bits per heavy atom. The zero-order valence-electron chi connectivity index (χ0n) is 16.7. The molecule has 3 N–H and O–H groups in total. The molecule has 0 aliphatic rings. The molecular formula is C17H36N2O6P+. The number of carbonyl (C=O) groups is 1. The standard InChI is InChI=1S/C17H35N2O6P/c1-6-8-9-11-16(20)15(18-17(21)10-7-2)14-25-26(22,23)24-13-12-19(3,4)5/h9,11,15-16,20H,6-8,10,12-14H2,1-5H3,(H-,18,21,22,23)/p+1/b11-9+. The number of hydrogen-bond donors (Lipinski definition) is 3. The molecule has 1 amide bonds. The molecule has 8 nitrogen and oxygen atoms in total. The van der Waals surface area contributed by atoms with Crippen LogP contribution in [0.5, 0.6) is 0 Å². The summed E-state index contributed by atoms with van der Waals surface area (Å²) in [6.07, 6.45) is 5.03. The molecule has 0 saturated carbocycles. The van der Waals surface area contributed by atoms with E-state index in [1.54, 1.807) is 12.2 Å². The normalized spacial score (nSPS) is 17.0. The van der Waals surface area contributed by atoms with E-state index in [9.17, 15) is 19.4 Å². The SMILES string of the molecule is CCC/C=C/C(O)C(COP(=O)(O)OCC[N+](C)(C)C)NC(=O)CCC. The number of allylic oxidation sites excluding steroid dienone is 1. The Labute approximate surface area is 157 Å². The second-order valence-electron chi connectivity index (χ2n) is 7.24. The van der Waals surface area contributed by atoms with E-state index in [2.05, 4.69) is 5.32 Å². The number of quaternary nitrogens is 1. The number of carbonyl (C=O) groups excluding carboxylic acids is 1. The molecule has 0 radical (unpaired) electrons. The summed E-state index contributed by atoms with van der Waals surface area (Å²) in [5.74, 6) is -0.247. The number of aliphatic hydroxyl groups is 1.